The van der Waals surface area contributed by atoms with E-state index in [1.807, 2.05) is 0 Å². The lowest BCUT2D eigenvalue weighted by molar-refractivity contribution is 0.101. The van der Waals surface area contributed by atoms with Gasteiger partial charge in [-0.05, 0) is 50.2 Å². The fraction of sp³-hybridized carbons (Fsp3) is 0.562. The van der Waals surface area contributed by atoms with Crippen molar-refractivity contribution in [3.63, 3.8) is 0 Å². The van der Waals surface area contributed by atoms with Crippen LogP contribution in [-0.4, -0.2) is 20.2 Å². The maximum absolute atomic E-state index is 12.4. The van der Waals surface area contributed by atoms with Gasteiger partial charge in [-0.25, -0.2) is 13.1 Å². The fourth-order valence-corrected chi connectivity index (χ4v) is 4.36. The van der Waals surface area contributed by atoms with E-state index in [0.29, 0.717) is 17.4 Å². The number of benzene rings is 1. The summed E-state index contributed by atoms with van der Waals surface area (Å²) in [4.78, 5) is 11.5. The minimum absolute atomic E-state index is 0.00122. The highest BCUT2D eigenvalue weighted by atomic mass is 32.2. The van der Waals surface area contributed by atoms with Crippen LogP contribution >= 0.6 is 0 Å². The number of nitrogens with one attached hydrogen (secondary N) is 1. The van der Waals surface area contributed by atoms with Crippen molar-refractivity contribution in [2.45, 2.75) is 51.0 Å². The van der Waals surface area contributed by atoms with Crippen LogP contribution in [-0.2, 0) is 10.0 Å². The highest BCUT2D eigenvalue weighted by Crippen LogP contribution is 2.29. The molecule has 5 heteroatoms. The average molecular weight is 309 g/mol. The third-order valence-electron chi connectivity index (χ3n) is 4.31. The summed E-state index contributed by atoms with van der Waals surface area (Å²) < 4.78 is 27.6. The first-order valence-corrected chi connectivity index (χ1v) is 8.91. The fourth-order valence-electron chi connectivity index (χ4n) is 2.98. The number of Topliss-reactive ketones (excluding diaryl/α,β-unsaturated/α-hetero) is 1. The van der Waals surface area contributed by atoms with Crippen molar-refractivity contribution in [3.05, 3.63) is 29.8 Å². The number of carbonyl (C=O) groups excluding carboxylic acids is 1. The number of rotatable bonds is 4. The van der Waals surface area contributed by atoms with Crippen LogP contribution in [0.4, 0.5) is 0 Å². The van der Waals surface area contributed by atoms with E-state index < -0.39 is 10.0 Å². The number of hydrogen-bond donors (Lipinski definition) is 1. The minimum atomic E-state index is -3.51. The Kier molecular flexibility index (Phi) is 4.84. The molecule has 1 aliphatic rings. The molecule has 116 valence electrons. The van der Waals surface area contributed by atoms with Gasteiger partial charge < -0.3 is 0 Å². The van der Waals surface area contributed by atoms with E-state index in [2.05, 4.69) is 18.6 Å². The van der Waals surface area contributed by atoms with Crippen LogP contribution in [0.3, 0.4) is 0 Å². The van der Waals surface area contributed by atoms with Crippen LogP contribution in [0.2, 0.25) is 0 Å². The summed E-state index contributed by atoms with van der Waals surface area (Å²) in [5.41, 5.74) is 0.522. The molecule has 3 unspecified atom stereocenters. The summed E-state index contributed by atoms with van der Waals surface area (Å²) in [7, 11) is -3.51. The van der Waals surface area contributed by atoms with Crippen LogP contribution in [0.1, 0.15) is 50.4 Å². The molecule has 4 nitrogen and oxygen atoms in total. The molecule has 2 rings (SSSR count). The van der Waals surface area contributed by atoms with E-state index in [9.17, 15) is 13.2 Å². The van der Waals surface area contributed by atoms with E-state index in [4.69, 9.17) is 0 Å². The normalized spacial score (nSPS) is 26.5. The number of ketones is 1. The molecule has 0 aliphatic heterocycles. The van der Waals surface area contributed by atoms with E-state index in [1.165, 1.54) is 19.1 Å². The van der Waals surface area contributed by atoms with Gasteiger partial charge in [0, 0.05) is 11.6 Å². The predicted octanol–water partition coefficient (Wildman–Crippen LogP) is 2.99. The Labute approximate surface area is 127 Å². The molecule has 21 heavy (non-hydrogen) atoms. The molecule has 0 amide bonds. The second-order valence-electron chi connectivity index (χ2n) is 6.20. The molecule has 1 saturated carbocycles. The van der Waals surface area contributed by atoms with Crippen LogP contribution < -0.4 is 4.72 Å². The monoisotopic (exact) mass is 309 g/mol. The molecular weight excluding hydrogens is 286 g/mol. The predicted molar refractivity (Wildman–Crippen MR) is 82.7 cm³/mol. The Balaban J connectivity index is 2.13. The van der Waals surface area contributed by atoms with Gasteiger partial charge >= 0.3 is 0 Å². The van der Waals surface area contributed by atoms with Gasteiger partial charge in [0.1, 0.15) is 0 Å². The van der Waals surface area contributed by atoms with Gasteiger partial charge in [0.05, 0.1) is 4.90 Å². The largest absolute Gasteiger partial charge is 0.295 e. The minimum Gasteiger partial charge on any atom is -0.295 e. The van der Waals surface area contributed by atoms with Crippen molar-refractivity contribution in [3.8, 4) is 0 Å². The molecule has 1 aliphatic carbocycles. The summed E-state index contributed by atoms with van der Waals surface area (Å²) >= 11 is 0. The second kappa shape index (κ2) is 6.28. The standard InChI is InChI=1S/C16H23NO3S/c1-11-4-9-16(12(2)10-11)17-21(19,20)15-7-5-14(6-8-15)13(3)18/h5-8,11-12,16-17H,4,9-10H2,1-3H3. The van der Waals surface area contributed by atoms with Gasteiger partial charge in [-0.3, -0.25) is 4.79 Å². The second-order valence-corrected chi connectivity index (χ2v) is 7.92. The lowest BCUT2D eigenvalue weighted by atomic mass is 9.80. The number of sulfonamides is 1. The topological polar surface area (TPSA) is 63.2 Å². The Bertz CT molecular complexity index is 607. The first kappa shape index (κ1) is 16.2. The molecular formula is C16H23NO3S. The van der Waals surface area contributed by atoms with Crippen molar-refractivity contribution >= 4 is 15.8 Å². The first-order chi connectivity index (χ1) is 9.79. The number of carbonyl (C=O) groups is 1. The van der Waals surface area contributed by atoms with E-state index in [0.717, 1.165) is 19.3 Å². The average Bonchev–Trinajstić information content (AvgIpc) is 2.42. The molecule has 1 aromatic carbocycles. The molecule has 3 atom stereocenters. The molecule has 0 saturated heterocycles. The molecule has 0 spiro atoms. The summed E-state index contributed by atoms with van der Waals surface area (Å²) in [6.45, 7) is 5.77. The van der Waals surface area contributed by atoms with E-state index >= 15 is 0 Å². The quantitative estimate of drug-likeness (QED) is 0.870. The highest BCUT2D eigenvalue weighted by molar-refractivity contribution is 7.89. The lowest BCUT2D eigenvalue weighted by Gasteiger charge is -2.32. The Morgan fingerprint density at radius 2 is 1.76 bits per heavy atom. The zero-order valence-corrected chi connectivity index (χ0v) is 13.6. The highest BCUT2D eigenvalue weighted by Gasteiger charge is 2.29. The zero-order chi connectivity index (χ0) is 15.6. The number of hydrogen-bond acceptors (Lipinski definition) is 3. The molecule has 1 fully saturated rings. The molecule has 0 aromatic heterocycles. The van der Waals surface area contributed by atoms with Crippen molar-refractivity contribution in [1.82, 2.24) is 4.72 Å². The first-order valence-electron chi connectivity index (χ1n) is 7.43. The summed E-state index contributed by atoms with van der Waals surface area (Å²) in [6.07, 6.45) is 2.99. The van der Waals surface area contributed by atoms with Gasteiger partial charge in [-0.2, -0.15) is 0 Å². The van der Waals surface area contributed by atoms with Gasteiger partial charge in [-0.1, -0.05) is 26.0 Å². The Morgan fingerprint density at radius 1 is 1.14 bits per heavy atom. The zero-order valence-electron chi connectivity index (χ0n) is 12.8. The third kappa shape index (κ3) is 3.92. The van der Waals surface area contributed by atoms with Gasteiger partial charge in [0.25, 0.3) is 0 Å². The van der Waals surface area contributed by atoms with Crippen molar-refractivity contribution in [1.29, 1.82) is 0 Å². The summed E-state index contributed by atoms with van der Waals surface area (Å²) in [5, 5.41) is 0. The summed E-state index contributed by atoms with van der Waals surface area (Å²) in [5.74, 6) is 0.942. The van der Waals surface area contributed by atoms with Crippen molar-refractivity contribution in [2.75, 3.05) is 0 Å². The van der Waals surface area contributed by atoms with Crippen LogP contribution in [0.5, 0.6) is 0 Å². The summed E-state index contributed by atoms with van der Waals surface area (Å²) in [6, 6.07) is 6.11. The van der Waals surface area contributed by atoms with Crippen molar-refractivity contribution in [2.24, 2.45) is 11.8 Å². The Hall–Kier alpha value is -1.20. The van der Waals surface area contributed by atoms with Gasteiger partial charge in [0.2, 0.25) is 10.0 Å². The SMILES string of the molecule is CC(=O)c1ccc(S(=O)(=O)NC2CCC(C)CC2C)cc1. The molecule has 0 heterocycles. The van der Waals surface area contributed by atoms with Crippen molar-refractivity contribution < 1.29 is 13.2 Å². The maximum Gasteiger partial charge on any atom is 0.240 e. The molecule has 0 bridgehead atoms. The van der Waals surface area contributed by atoms with Crippen LogP contribution in [0.25, 0.3) is 0 Å². The van der Waals surface area contributed by atoms with Crippen LogP contribution in [0, 0.1) is 11.8 Å². The Morgan fingerprint density at radius 3 is 2.29 bits per heavy atom. The van der Waals surface area contributed by atoms with E-state index in [1.54, 1.807) is 12.1 Å². The molecule has 0 radical (unpaired) electrons. The maximum atomic E-state index is 12.4. The molecule has 1 aromatic rings. The lowest BCUT2D eigenvalue weighted by Crippen LogP contribution is -2.42. The molecule has 1 N–H and O–H groups in total. The van der Waals surface area contributed by atoms with Gasteiger partial charge in [0.15, 0.2) is 5.78 Å². The smallest absolute Gasteiger partial charge is 0.240 e. The van der Waals surface area contributed by atoms with Crippen LogP contribution in [0.15, 0.2) is 29.2 Å². The third-order valence-corrected chi connectivity index (χ3v) is 5.81. The van der Waals surface area contributed by atoms with E-state index in [-0.39, 0.29) is 16.7 Å². The van der Waals surface area contributed by atoms with Gasteiger partial charge in [-0.15, -0.1) is 0 Å².